The van der Waals surface area contributed by atoms with Crippen LogP contribution in [0.2, 0.25) is 3.67 Å². The molecule has 4 nitrogen and oxygen atoms in total. The van der Waals surface area contributed by atoms with Crippen LogP contribution in [0, 0.1) is 0 Å². The van der Waals surface area contributed by atoms with Gasteiger partial charge in [0.25, 0.3) is 0 Å². The van der Waals surface area contributed by atoms with Gasteiger partial charge in [-0.15, -0.1) is 0 Å². The summed E-state index contributed by atoms with van der Waals surface area (Å²) in [7, 11) is 0. The minimum Gasteiger partial charge on any atom is -0.480 e. The number of rotatable bonds is 21. The van der Waals surface area contributed by atoms with Gasteiger partial charge < -0.3 is 16.6 Å². The first-order valence-electron chi connectivity index (χ1n) is 12.8. The third-order valence-electron chi connectivity index (χ3n) is 5.49. The van der Waals surface area contributed by atoms with Gasteiger partial charge in [-0.25, -0.2) is 0 Å². The minimum atomic E-state index is -0.933. The Labute approximate surface area is 199 Å². The molecule has 0 rings (SSSR count). The third kappa shape index (κ3) is 30.7. The molecule has 0 aromatic heterocycles. The van der Waals surface area contributed by atoms with Crippen molar-refractivity contribution in [3.63, 3.8) is 0 Å². The predicted octanol–water partition coefficient (Wildman–Crippen LogP) is 6.36. The maximum Gasteiger partial charge on any atom is 0.320 e. The van der Waals surface area contributed by atoms with Gasteiger partial charge in [-0.1, -0.05) is 45.4 Å². The molecule has 0 aliphatic carbocycles. The molecule has 0 fully saturated rings. The average molecular weight is 423 g/mol. The SMILES string of the molecule is CCCCCCCCCCCCCCCCC[CH2][Na].NCCCCC(N)C(=O)O. The summed E-state index contributed by atoms with van der Waals surface area (Å²) in [6, 6.07) is -0.716. The van der Waals surface area contributed by atoms with Crippen molar-refractivity contribution in [1.82, 2.24) is 0 Å². The zero-order chi connectivity index (χ0) is 22.0. The zero-order valence-corrected chi connectivity index (χ0v) is 21.9. The molecule has 5 N–H and O–H groups in total. The van der Waals surface area contributed by atoms with E-state index in [0.29, 0.717) is 13.0 Å². The Morgan fingerprint density at radius 2 is 1.10 bits per heavy atom. The van der Waals surface area contributed by atoms with Crippen molar-refractivity contribution in [2.75, 3.05) is 6.54 Å². The van der Waals surface area contributed by atoms with Crippen LogP contribution in [0.3, 0.4) is 0 Å². The molecule has 170 valence electrons. The summed E-state index contributed by atoms with van der Waals surface area (Å²) in [6.07, 6.45) is 25.9. The second-order valence-electron chi connectivity index (χ2n) is 8.53. The number of unbranched alkanes of at least 4 members (excludes halogenated alkanes) is 16. The Balaban J connectivity index is 0. The van der Waals surface area contributed by atoms with Crippen LogP contribution >= 0.6 is 0 Å². The summed E-state index contributed by atoms with van der Waals surface area (Å²) in [5.74, 6) is -0.933. The molecule has 0 saturated carbocycles. The standard InChI is InChI=1S/C18H37.C6H14N2O2.Na/c1-3-5-7-9-11-13-15-17-18-16-14-12-10-8-6-4-2;7-4-2-1-3-5(8)6(9)10;/h1,3-18H2,2H3;5H,1-4,7-8H2,(H,9,10);. The molecule has 0 saturated heterocycles. The van der Waals surface area contributed by atoms with Gasteiger partial charge in [0.05, 0.1) is 0 Å². The number of hydrogen-bond acceptors (Lipinski definition) is 3. The summed E-state index contributed by atoms with van der Waals surface area (Å²) < 4.78 is 1.51. The van der Waals surface area contributed by atoms with Crippen LogP contribution in [-0.2, 0) is 4.79 Å². The largest absolute Gasteiger partial charge is 0.480 e. The second-order valence-corrected chi connectivity index (χ2v) is 9.53. The molecule has 1 unspecified atom stereocenters. The van der Waals surface area contributed by atoms with Gasteiger partial charge in [-0.05, 0) is 19.4 Å². The van der Waals surface area contributed by atoms with Crippen molar-refractivity contribution >= 4 is 33.9 Å². The minimum absolute atomic E-state index is 0.520. The number of aliphatic carboxylic acids is 1. The summed E-state index contributed by atoms with van der Waals surface area (Å²) in [5.41, 5.74) is 10.4. The van der Waals surface area contributed by atoms with E-state index in [4.69, 9.17) is 16.6 Å². The molecule has 0 aliphatic heterocycles. The van der Waals surface area contributed by atoms with E-state index in [9.17, 15) is 4.79 Å². The second kappa shape index (κ2) is 28.4. The number of hydrogen-bond donors (Lipinski definition) is 3. The van der Waals surface area contributed by atoms with E-state index in [-0.39, 0.29) is 0 Å². The fourth-order valence-electron chi connectivity index (χ4n) is 3.43. The molecule has 0 bridgehead atoms. The number of carboxylic acids is 1. The smallest absolute Gasteiger partial charge is 0.320 e. The molecule has 0 aromatic carbocycles. The first-order valence-corrected chi connectivity index (χ1v) is 14.2. The van der Waals surface area contributed by atoms with Gasteiger partial charge in [0.15, 0.2) is 0 Å². The van der Waals surface area contributed by atoms with Crippen molar-refractivity contribution in [2.24, 2.45) is 11.5 Å². The maximum atomic E-state index is 10.1. The van der Waals surface area contributed by atoms with Crippen molar-refractivity contribution in [2.45, 2.75) is 139 Å². The summed E-state index contributed by atoms with van der Waals surface area (Å²) in [5, 5.41) is 8.33. The maximum absolute atomic E-state index is 10.1. The normalized spacial score (nSPS) is 11.8. The molecule has 0 spiro atoms. The first-order chi connectivity index (χ1) is 14.1. The molecule has 5 heteroatoms. The molecule has 0 aromatic rings. The van der Waals surface area contributed by atoms with Gasteiger partial charge in [-0.2, -0.15) is 0 Å². The van der Waals surface area contributed by atoms with Gasteiger partial charge in [-0.3, -0.25) is 4.79 Å². The summed E-state index contributed by atoms with van der Waals surface area (Å²) in [6.45, 7) is 2.90. The van der Waals surface area contributed by atoms with Crippen molar-refractivity contribution in [1.29, 1.82) is 0 Å². The van der Waals surface area contributed by atoms with E-state index in [0.717, 1.165) is 12.8 Å². The summed E-state index contributed by atoms with van der Waals surface area (Å²) >= 11 is 1.41. The first kappa shape index (κ1) is 31.6. The molecule has 0 aliphatic rings. The quantitative estimate of drug-likeness (QED) is 0.148. The molecular weight excluding hydrogens is 371 g/mol. The van der Waals surface area contributed by atoms with Crippen LogP contribution < -0.4 is 11.5 Å². The van der Waals surface area contributed by atoms with Gasteiger partial charge in [0.2, 0.25) is 0 Å². The Morgan fingerprint density at radius 3 is 1.41 bits per heavy atom. The Hall–Kier alpha value is 0.390. The van der Waals surface area contributed by atoms with Crippen LogP contribution in [0.25, 0.3) is 0 Å². The van der Waals surface area contributed by atoms with E-state index < -0.39 is 12.0 Å². The fourth-order valence-corrected chi connectivity index (χ4v) is 3.93. The topological polar surface area (TPSA) is 89.3 Å². The van der Waals surface area contributed by atoms with Crippen molar-refractivity contribution < 1.29 is 9.90 Å². The molecule has 0 amide bonds. The monoisotopic (exact) mass is 422 g/mol. The Bertz CT molecular complexity index is 301. The van der Waals surface area contributed by atoms with Crippen LogP contribution in [0.1, 0.15) is 129 Å². The Kier molecular flexibility index (Phi) is 30.9. The van der Waals surface area contributed by atoms with Crippen molar-refractivity contribution in [3.8, 4) is 0 Å². The van der Waals surface area contributed by atoms with Crippen LogP contribution in [0.5, 0.6) is 0 Å². The molecule has 1 atom stereocenters. The number of carboxylic acid groups (broad SMARTS) is 1. The van der Waals surface area contributed by atoms with E-state index in [2.05, 4.69) is 6.92 Å². The Morgan fingerprint density at radius 1 is 0.724 bits per heavy atom. The molecule has 0 radical (unpaired) electrons. The zero-order valence-electron chi connectivity index (χ0n) is 19.9. The van der Waals surface area contributed by atoms with Gasteiger partial charge >= 0.3 is 108 Å². The van der Waals surface area contributed by atoms with Crippen LogP contribution in [0.15, 0.2) is 0 Å². The number of carbonyl (C=O) groups is 1. The predicted molar refractivity (Wildman–Crippen MR) is 129 cm³/mol. The third-order valence-corrected chi connectivity index (χ3v) is 6.20. The van der Waals surface area contributed by atoms with E-state index >= 15 is 0 Å². The molecule has 29 heavy (non-hydrogen) atoms. The summed E-state index contributed by atoms with van der Waals surface area (Å²) in [4.78, 5) is 10.1. The average Bonchev–Trinajstić information content (AvgIpc) is 2.71. The van der Waals surface area contributed by atoms with Crippen LogP contribution in [-0.4, -0.2) is 51.6 Å². The van der Waals surface area contributed by atoms with E-state index in [1.54, 1.807) is 0 Å². The number of nitrogens with two attached hydrogens (primary N) is 2. The van der Waals surface area contributed by atoms with E-state index in [1.165, 1.54) is 134 Å². The molecule has 0 heterocycles. The van der Waals surface area contributed by atoms with Crippen LogP contribution in [0.4, 0.5) is 0 Å². The van der Waals surface area contributed by atoms with Crippen molar-refractivity contribution in [3.05, 3.63) is 0 Å². The molecular formula is C24H51N2NaO2. The fraction of sp³-hybridized carbons (Fsp3) is 0.958. The van der Waals surface area contributed by atoms with Gasteiger partial charge in [0, 0.05) is 0 Å². The van der Waals surface area contributed by atoms with E-state index in [1.807, 2.05) is 0 Å². The van der Waals surface area contributed by atoms with Gasteiger partial charge in [0.1, 0.15) is 6.04 Å².